The van der Waals surface area contributed by atoms with Crippen molar-refractivity contribution in [3.63, 3.8) is 0 Å². The molecule has 2 aromatic rings. The highest BCUT2D eigenvalue weighted by Crippen LogP contribution is 2.29. The van der Waals surface area contributed by atoms with Gasteiger partial charge in [0.25, 0.3) is 0 Å². The third kappa shape index (κ3) is 3.71. The molecule has 0 saturated carbocycles. The van der Waals surface area contributed by atoms with E-state index < -0.39 is 0 Å². The fourth-order valence-corrected chi connectivity index (χ4v) is 4.08. The molecule has 25 heavy (non-hydrogen) atoms. The average Bonchev–Trinajstić information content (AvgIpc) is 3.04. The van der Waals surface area contributed by atoms with Crippen LogP contribution in [0.15, 0.2) is 48.9 Å². The Morgan fingerprint density at radius 1 is 1.08 bits per heavy atom. The maximum atomic E-state index is 12.4. The number of rotatable bonds is 4. The Bertz CT molecular complexity index is 698. The van der Waals surface area contributed by atoms with E-state index in [9.17, 15) is 4.79 Å². The molecule has 0 spiro atoms. The highest BCUT2D eigenvalue weighted by atomic mass is 16.2. The second-order valence-electron chi connectivity index (χ2n) is 7.12. The highest BCUT2D eigenvalue weighted by Gasteiger charge is 2.32. The Hall–Kier alpha value is -2.27. The van der Waals surface area contributed by atoms with Gasteiger partial charge >= 0.3 is 0 Å². The van der Waals surface area contributed by atoms with Gasteiger partial charge in [-0.25, -0.2) is 9.97 Å². The summed E-state index contributed by atoms with van der Waals surface area (Å²) in [5, 5.41) is 0. The van der Waals surface area contributed by atoms with Gasteiger partial charge in [0.15, 0.2) is 0 Å². The number of hydrogen-bond donors (Lipinski definition) is 0. The van der Waals surface area contributed by atoms with Crippen LogP contribution >= 0.6 is 0 Å². The minimum Gasteiger partial charge on any atom is -0.312 e. The summed E-state index contributed by atoms with van der Waals surface area (Å²) in [6, 6.07) is 12.1. The molecule has 3 heterocycles. The Labute approximate surface area is 148 Å². The van der Waals surface area contributed by atoms with Gasteiger partial charge in [0, 0.05) is 43.0 Å². The van der Waals surface area contributed by atoms with E-state index in [1.54, 1.807) is 6.33 Å². The van der Waals surface area contributed by atoms with Gasteiger partial charge in [0.05, 0.1) is 0 Å². The fourth-order valence-electron chi connectivity index (χ4n) is 4.08. The van der Waals surface area contributed by atoms with Crippen LogP contribution in [-0.4, -0.2) is 47.0 Å². The van der Waals surface area contributed by atoms with E-state index in [1.165, 1.54) is 5.69 Å². The van der Waals surface area contributed by atoms with Crippen molar-refractivity contribution in [2.24, 2.45) is 5.92 Å². The van der Waals surface area contributed by atoms with Gasteiger partial charge in [0.1, 0.15) is 6.33 Å². The molecule has 0 bridgehead atoms. The normalized spacial score (nSPS) is 22.5. The van der Waals surface area contributed by atoms with Crippen molar-refractivity contribution < 1.29 is 4.79 Å². The lowest BCUT2D eigenvalue weighted by Gasteiger charge is -2.33. The van der Waals surface area contributed by atoms with Crippen LogP contribution < -0.4 is 4.90 Å². The second kappa shape index (κ2) is 7.31. The molecule has 2 aliphatic heterocycles. The summed E-state index contributed by atoms with van der Waals surface area (Å²) in [5.74, 6) is 1.24. The van der Waals surface area contributed by atoms with Crippen molar-refractivity contribution in [2.45, 2.75) is 25.2 Å². The van der Waals surface area contributed by atoms with E-state index in [1.807, 2.05) is 47.5 Å². The summed E-state index contributed by atoms with van der Waals surface area (Å²) in [6.45, 7) is 4.04. The molecule has 0 N–H and O–H groups in total. The summed E-state index contributed by atoms with van der Waals surface area (Å²) >= 11 is 0. The molecule has 4 rings (SSSR count). The fraction of sp³-hybridized carbons (Fsp3) is 0.450. The van der Waals surface area contributed by atoms with Crippen LogP contribution in [0.1, 0.15) is 30.9 Å². The van der Waals surface area contributed by atoms with Crippen molar-refractivity contribution in [3.05, 3.63) is 54.6 Å². The molecule has 1 aromatic carbocycles. The van der Waals surface area contributed by atoms with E-state index in [2.05, 4.69) is 14.9 Å². The number of likely N-dealkylation sites (tertiary alicyclic amines) is 1. The Morgan fingerprint density at radius 3 is 2.60 bits per heavy atom. The number of aromatic nitrogens is 2. The molecule has 2 fully saturated rings. The van der Waals surface area contributed by atoms with E-state index in [-0.39, 0.29) is 5.91 Å². The third-order valence-electron chi connectivity index (χ3n) is 5.40. The zero-order valence-corrected chi connectivity index (χ0v) is 14.4. The number of amides is 1. The Morgan fingerprint density at radius 2 is 1.88 bits per heavy atom. The molecular formula is C20H24N4O. The predicted octanol–water partition coefficient (Wildman–Crippen LogP) is 2.71. The summed E-state index contributed by atoms with van der Waals surface area (Å²) in [5.41, 5.74) is 2.19. The van der Waals surface area contributed by atoms with Crippen LogP contribution in [0.25, 0.3) is 0 Å². The molecule has 5 heteroatoms. The molecular weight excluding hydrogens is 312 g/mol. The lowest BCUT2D eigenvalue weighted by Crippen LogP contribution is -2.37. The molecule has 5 nitrogen and oxygen atoms in total. The molecule has 0 unspecified atom stereocenters. The first-order valence-electron chi connectivity index (χ1n) is 9.13. The molecule has 1 amide bonds. The van der Waals surface area contributed by atoms with Crippen LogP contribution in [0.3, 0.4) is 0 Å². The van der Waals surface area contributed by atoms with Crippen molar-refractivity contribution in [1.82, 2.24) is 14.9 Å². The topological polar surface area (TPSA) is 49.3 Å². The van der Waals surface area contributed by atoms with Gasteiger partial charge in [0.2, 0.25) is 5.91 Å². The number of benzene rings is 1. The Balaban J connectivity index is 1.30. The van der Waals surface area contributed by atoms with Gasteiger partial charge in [-0.05, 0) is 50.0 Å². The molecule has 1 aromatic heterocycles. The number of nitrogens with zero attached hydrogens (tertiary/aromatic N) is 4. The van der Waals surface area contributed by atoms with Crippen molar-refractivity contribution in [1.29, 1.82) is 0 Å². The van der Waals surface area contributed by atoms with Crippen molar-refractivity contribution in [2.75, 3.05) is 31.1 Å². The number of piperidine rings is 1. The number of anilines is 1. The summed E-state index contributed by atoms with van der Waals surface area (Å²) < 4.78 is 0. The monoisotopic (exact) mass is 336 g/mol. The van der Waals surface area contributed by atoms with Crippen LogP contribution in [0.2, 0.25) is 0 Å². The molecule has 2 aliphatic rings. The van der Waals surface area contributed by atoms with E-state index in [0.717, 1.165) is 44.7 Å². The van der Waals surface area contributed by atoms with Gasteiger partial charge in [-0.3, -0.25) is 4.79 Å². The summed E-state index contributed by atoms with van der Waals surface area (Å²) in [6.07, 6.45) is 6.42. The van der Waals surface area contributed by atoms with Crippen molar-refractivity contribution >= 4 is 11.6 Å². The van der Waals surface area contributed by atoms with E-state index >= 15 is 0 Å². The first kappa shape index (κ1) is 16.2. The maximum Gasteiger partial charge on any atom is 0.227 e. The standard InChI is InChI=1S/C20H24N4O/c25-20-12-16(14-24(20)18-4-2-1-3-5-18)13-23-10-7-17(8-11-23)19-6-9-21-15-22-19/h1-6,9,15-17H,7-8,10-14H2/t16-/m0/s1. The second-order valence-corrected chi connectivity index (χ2v) is 7.12. The van der Waals surface area contributed by atoms with Crippen LogP contribution in [-0.2, 0) is 4.79 Å². The predicted molar refractivity (Wildman–Crippen MR) is 97.3 cm³/mol. The van der Waals surface area contributed by atoms with Crippen LogP contribution in [0.4, 0.5) is 5.69 Å². The quantitative estimate of drug-likeness (QED) is 0.861. The lowest BCUT2D eigenvalue weighted by atomic mass is 9.92. The van der Waals surface area contributed by atoms with Crippen LogP contribution in [0, 0.1) is 5.92 Å². The zero-order valence-electron chi connectivity index (χ0n) is 14.4. The smallest absolute Gasteiger partial charge is 0.227 e. The maximum absolute atomic E-state index is 12.4. The van der Waals surface area contributed by atoms with Crippen LogP contribution in [0.5, 0.6) is 0 Å². The summed E-state index contributed by atoms with van der Waals surface area (Å²) in [4.78, 5) is 25.2. The van der Waals surface area contributed by atoms with E-state index in [0.29, 0.717) is 18.3 Å². The number of hydrogen-bond acceptors (Lipinski definition) is 4. The molecule has 0 radical (unpaired) electrons. The first-order chi connectivity index (χ1) is 12.3. The van der Waals surface area contributed by atoms with Crippen molar-refractivity contribution in [3.8, 4) is 0 Å². The minimum absolute atomic E-state index is 0.257. The molecule has 0 aliphatic carbocycles. The SMILES string of the molecule is O=C1C[C@@H](CN2CCC(c3ccncn3)CC2)CN1c1ccccc1. The number of carbonyl (C=O) groups excluding carboxylic acids is 1. The average molecular weight is 336 g/mol. The third-order valence-corrected chi connectivity index (χ3v) is 5.40. The number of carbonyl (C=O) groups is 1. The van der Waals surface area contributed by atoms with Gasteiger partial charge in [-0.2, -0.15) is 0 Å². The highest BCUT2D eigenvalue weighted by molar-refractivity contribution is 5.95. The van der Waals surface area contributed by atoms with Gasteiger partial charge < -0.3 is 9.80 Å². The largest absolute Gasteiger partial charge is 0.312 e. The first-order valence-corrected chi connectivity index (χ1v) is 9.13. The zero-order chi connectivity index (χ0) is 17.1. The van der Waals surface area contributed by atoms with Gasteiger partial charge in [-0.1, -0.05) is 18.2 Å². The number of para-hydroxylation sites is 1. The Kier molecular flexibility index (Phi) is 4.74. The molecule has 1 atom stereocenters. The molecule has 2 saturated heterocycles. The lowest BCUT2D eigenvalue weighted by molar-refractivity contribution is -0.117. The van der Waals surface area contributed by atoms with E-state index in [4.69, 9.17) is 0 Å². The minimum atomic E-state index is 0.257. The van der Waals surface area contributed by atoms with Gasteiger partial charge in [-0.15, -0.1) is 0 Å². The molecule has 130 valence electrons. The summed E-state index contributed by atoms with van der Waals surface area (Å²) in [7, 11) is 0.